The van der Waals surface area contributed by atoms with Crippen molar-refractivity contribution in [3.63, 3.8) is 0 Å². The molecular weight excluding hydrogens is 414 g/mol. The predicted octanol–water partition coefficient (Wildman–Crippen LogP) is 4.14. The van der Waals surface area contributed by atoms with Crippen molar-refractivity contribution in [2.45, 2.75) is 4.90 Å². The van der Waals surface area contributed by atoms with Crippen molar-refractivity contribution in [1.29, 1.82) is 0 Å². The molecule has 4 rings (SSSR count). The Kier molecular flexibility index (Phi) is 5.15. The molecule has 7 nitrogen and oxygen atoms in total. The average Bonchev–Trinajstić information content (AvgIpc) is 3.26. The number of hydrogen-bond donors (Lipinski definition) is 1. The zero-order valence-corrected chi connectivity index (χ0v) is 16.1. The Morgan fingerprint density at radius 1 is 0.933 bits per heavy atom. The van der Waals surface area contributed by atoms with Crippen molar-refractivity contribution in [3.05, 3.63) is 91.0 Å². The van der Waals surface area contributed by atoms with Crippen LogP contribution in [-0.2, 0) is 10.0 Å². The van der Waals surface area contributed by atoms with E-state index in [1.54, 1.807) is 10.6 Å². The quantitative estimate of drug-likeness (QED) is 0.499. The van der Waals surface area contributed by atoms with Gasteiger partial charge >= 0.3 is 0 Å². The molecule has 0 saturated heterocycles. The van der Waals surface area contributed by atoms with Gasteiger partial charge in [0.2, 0.25) is 5.88 Å². The van der Waals surface area contributed by atoms with E-state index in [2.05, 4.69) is 14.7 Å². The Morgan fingerprint density at radius 2 is 1.67 bits per heavy atom. The molecule has 0 saturated carbocycles. The first-order chi connectivity index (χ1) is 14.4. The number of anilines is 1. The first-order valence-electron chi connectivity index (χ1n) is 8.62. The van der Waals surface area contributed by atoms with Gasteiger partial charge in [0.05, 0.1) is 0 Å². The SMILES string of the molecule is O=S(=O)(Nc1ccc(Oc2cc(-n3cccc3)ncn2)cc1)c1cc(F)ccc1F. The minimum absolute atomic E-state index is 0.154. The first-order valence-corrected chi connectivity index (χ1v) is 10.1. The summed E-state index contributed by atoms with van der Waals surface area (Å²) in [5.41, 5.74) is 0.154. The van der Waals surface area contributed by atoms with Gasteiger partial charge in [0.15, 0.2) is 0 Å². The number of sulfonamides is 1. The largest absolute Gasteiger partial charge is 0.439 e. The van der Waals surface area contributed by atoms with Gasteiger partial charge in [-0.25, -0.2) is 27.2 Å². The summed E-state index contributed by atoms with van der Waals surface area (Å²) in [6.45, 7) is 0. The van der Waals surface area contributed by atoms with Crippen molar-refractivity contribution in [2.24, 2.45) is 0 Å². The summed E-state index contributed by atoms with van der Waals surface area (Å²) in [5.74, 6) is -0.599. The van der Waals surface area contributed by atoms with Crippen LogP contribution in [0.2, 0.25) is 0 Å². The van der Waals surface area contributed by atoms with Crippen LogP contribution in [0.4, 0.5) is 14.5 Å². The van der Waals surface area contributed by atoms with Gasteiger partial charge < -0.3 is 9.30 Å². The predicted molar refractivity (Wildman–Crippen MR) is 105 cm³/mol. The fourth-order valence-corrected chi connectivity index (χ4v) is 3.77. The van der Waals surface area contributed by atoms with E-state index in [4.69, 9.17) is 4.74 Å². The molecule has 4 aromatic rings. The smallest absolute Gasteiger partial charge is 0.264 e. The number of halogens is 2. The Balaban J connectivity index is 1.50. The molecule has 2 heterocycles. The summed E-state index contributed by atoms with van der Waals surface area (Å²) in [7, 11) is -4.30. The van der Waals surface area contributed by atoms with Crippen LogP contribution in [0, 0.1) is 11.6 Å². The van der Waals surface area contributed by atoms with E-state index in [1.165, 1.54) is 30.6 Å². The van der Waals surface area contributed by atoms with Crippen LogP contribution >= 0.6 is 0 Å². The highest BCUT2D eigenvalue weighted by Crippen LogP contribution is 2.24. The number of rotatable bonds is 6. The second-order valence-corrected chi connectivity index (χ2v) is 7.76. The summed E-state index contributed by atoms with van der Waals surface area (Å²) >= 11 is 0. The Morgan fingerprint density at radius 3 is 2.40 bits per heavy atom. The van der Waals surface area contributed by atoms with Gasteiger partial charge in [-0.2, -0.15) is 0 Å². The molecule has 2 aromatic carbocycles. The van der Waals surface area contributed by atoms with E-state index in [1.807, 2.05) is 24.5 Å². The Bertz CT molecular complexity index is 1280. The van der Waals surface area contributed by atoms with E-state index >= 15 is 0 Å². The molecule has 152 valence electrons. The number of nitrogens with one attached hydrogen (secondary N) is 1. The molecule has 0 atom stereocenters. The van der Waals surface area contributed by atoms with Crippen LogP contribution in [-0.4, -0.2) is 23.0 Å². The lowest BCUT2D eigenvalue weighted by Gasteiger charge is -2.10. The van der Waals surface area contributed by atoms with Gasteiger partial charge in [-0.3, -0.25) is 4.72 Å². The Labute approximate surface area is 170 Å². The summed E-state index contributed by atoms with van der Waals surface area (Å²) in [6, 6.07) is 13.5. The van der Waals surface area contributed by atoms with Crippen LogP contribution < -0.4 is 9.46 Å². The van der Waals surface area contributed by atoms with Crippen molar-refractivity contribution < 1.29 is 21.9 Å². The molecular formula is C20H14F2N4O3S. The third-order valence-corrected chi connectivity index (χ3v) is 5.40. The summed E-state index contributed by atoms with van der Waals surface area (Å²) < 4.78 is 61.4. The molecule has 0 fully saturated rings. The number of hydrogen-bond acceptors (Lipinski definition) is 5. The van der Waals surface area contributed by atoms with Crippen LogP contribution in [0.1, 0.15) is 0 Å². The maximum atomic E-state index is 13.8. The van der Waals surface area contributed by atoms with Gasteiger partial charge in [-0.05, 0) is 54.6 Å². The number of ether oxygens (including phenoxy) is 1. The third-order valence-electron chi connectivity index (χ3n) is 4.01. The molecule has 0 aliphatic heterocycles. The van der Waals surface area contributed by atoms with Crippen molar-refractivity contribution in [3.8, 4) is 17.4 Å². The monoisotopic (exact) mass is 428 g/mol. The molecule has 0 aliphatic rings. The summed E-state index contributed by atoms with van der Waals surface area (Å²) in [4.78, 5) is 7.43. The molecule has 30 heavy (non-hydrogen) atoms. The van der Waals surface area contributed by atoms with Gasteiger partial charge in [-0.15, -0.1) is 0 Å². The van der Waals surface area contributed by atoms with Gasteiger partial charge in [0.1, 0.15) is 34.4 Å². The van der Waals surface area contributed by atoms with Gasteiger partial charge in [0, 0.05) is 24.1 Å². The summed E-state index contributed by atoms with van der Waals surface area (Å²) in [6.07, 6.45) is 5.02. The maximum Gasteiger partial charge on any atom is 0.264 e. The molecule has 0 radical (unpaired) electrons. The molecule has 0 aliphatic carbocycles. The van der Waals surface area contributed by atoms with E-state index in [9.17, 15) is 17.2 Å². The second-order valence-electron chi connectivity index (χ2n) is 6.11. The molecule has 0 unspecified atom stereocenters. The zero-order valence-electron chi connectivity index (χ0n) is 15.2. The van der Waals surface area contributed by atoms with Crippen LogP contribution in [0.25, 0.3) is 5.82 Å². The molecule has 10 heteroatoms. The fourth-order valence-electron chi connectivity index (χ4n) is 2.62. The highest BCUT2D eigenvalue weighted by molar-refractivity contribution is 7.92. The number of benzene rings is 2. The second kappa shape index (κ2) is 7.91. The average molecular weight is 428 g/mol. The lowest BCUT2D eigenvalue weighted by molar-refractivity contribution is 0.461. The molecule has 0 spiro atoms. The molecule has 0 amide bonds. The van der Waals surface area contributed by atoms with Gasteiger partial charge in [0.25, 0.3) is 10.0 Å². The minimum atomic E-state index is -4.30. The van der Waals surface area contributed by atoms with E-state index in [0.29, 0.717) is 23.5 Å². The van der Waals surface area contributed by atoms with Crippen molar-refractivity contribution in [1.82, 2.24) is 14.5 Å². The standard InChI is InChI=1S/C20H14F2N4O3S/c21-14-3-8-17(22)18(11-14)30(27,28)25-15-4-6-16(7-5-15)29-20-12-19(23-13-24-20)26-9-1-2-10-26/h1-13,25H. The maximum absolute atomic E-state index is 13.8. The van der Waals surface area contributed by atoms with Gasteiger partial charge in [-0.1, -0.05) is 0 Å². The Hall–Kier alpha value is -3.79. The molecule has 0 bridgehead atoms. The van der Waals surface area contributed by atoms with Crippen LogP contribution in [0.3, 0.4) is 0 Å². The van der Waals surface area contributed by atoms with Crippen molar-refractivity contribution in [2.75, 3.05) is 4.72 Å². The molecule has 1 N–H and O–H groups in total. The lowest BCUT2D eigenvalue weighted by atomic mass is 10.3. The van der Waals surface area contributed by atoms with Crippen LogP contribution in [0.15, 0.2) is 84.3 Å². The molecule has 2 aromatic heterocycles. The normalized spacial score (nSPS) is 11.3. The first kappa shape index (κ1) is 19.5. The summed E-state index contributed by atoms with van der Waals surface area (Å²) in [5, 5.41) is 0. The highest BCUT2D eigenvalue weighted by Gasteiger charge is 2.20. The number of nitrogens with zero attached hydrogens (tertiary/aromatic N) is 3. The van der Waals surface area contributed by atoms with Crippen LogP contribution in [0.5, 0.6) is 11.6 Å². The zero-order chi connectivity index (χ0) is 21.1. The third kappa shape index (κ3) is 4.28. The van der Waals surface area contributed by atoms with E-state index < -0.39 is 26.6 Å². The topological polar surface area (TPSA) is 86.1 Å². The minimum Gasteiger partial charge on any atom is -0.439 e. The fraction of sp³-hybridized carbons (Fsp3) is 0. The van der Waals surface area contributed by atoms with Crippen molar-refractivity contribution >= 4 is 15.7 Å². The van der Waals surface area contributed by atoms with E-state index in [0.717, 1.165) is 12.1 Å². The van der Waals surface area contributed by atoms with E-state index in [-0.39, 0.29) is 5.69 Å². The lowest BCUT2D eigenvalue weighted by Crippen LogP contribution is -2.14. The number of aromatic nitrogens is 3. The highest BCUT2D eigenvalue weighted by atomic mass is 32.2.